The topological polar surface area (TPSA) is 105 Å². The first-order chi connectivity index (χ1) is 8.80. The maximum atomic E-state index is 11.6. The molecular formula is C12H18N4O3. The van der Waals surface area contributed by atoms with Gasteiger partial charge < -0.3 is 10.1 Å². The van der Waals surface area contributed by atoms with Crippen LogP contribution in [0.1, 0.15) is 20.8 Å². The zero-order valence-electron chi connectivity index (χ0n) is 11.1. The Kier molecular flexibility index (Phi) is 4.71. The summed E-state index contributed by atoms with van der Waals surface area (Å²) < 4.78 is 5.11. The predicted octanol–water partition coefficient (Wildman–Crippen LogP) is 2.03. The molecule has 0 atom stereocenters. The summed E-state index contributed by atoms with van der Waals surface area (Å²) in [5.41, 5.74) is 2.37. The quantitative estimate of drug-likeness (QED) is 0.373. The summed E-state index contributed by atoms with van der Waals surface area (Å²) >= 11 is 0. The first kappa shape index (κ1) is 14.8. The standard InChI is InChI=1S/C12H18N4O3/c1-12(2,3)19-11(18)15-9-6-4-5-8(7-9)14-10(17)16-13/h4-7H,13H2,1-3H3,(H,15,18)(H2,14,16,17). The highest BCUT2D eigenvalue weighted by Gasteiger charge is 2.16. The van der Waals surface area contributed by atoms with Gasteiger partial charge >= 0.3 is 12.1 Å². The lowest BCUT2D eigenvalue weighted by Gasteiger charge is -2.19. The smallest absolute Gasteiger partial charge is 0.412 e. The molecule has 0 unspecified atom stereocenters. The van der Waals surface area contributed by atoms with Crippen molar-refractivity contribution in [3.8, 4) is 0 Å². The third-order valence-electron chi connectivity index (χ3n) is 1.90. The van der Waals surface area contributed by atoms with Crippen LogP contribution in [0.3, 0.4) is 0 Å². The van der Waals surface area contributed by atoms with Gasteiger partial charge in [-0.2, -0.15) is 0 Å². The summed E-state index contributed by atoms with van der Waals surface area (Å²) in [7, 11) is 0. The third kappa shape index (κ3) is 5.73. The van der Waals surface area contributed by atoms with Crippen molar-refractivity contribution in [1.29, 1.82) is 0 Å². The number of hydrazine groups is 1. The number of hydrogen-bond donors (Lipinski definition) is 4. The van der Waals surface area contributed by atoms with Crippen molar-refractivity contribution < 1.29 is 14.3 Å². The number of benzene rings is 1. The number of urea groups is 1. The lowest BCUT2D eigenvalue weighted by Crippen LogP contribution is -2.34. The van der Waals surface area contributed by atoms with E-state index in [0.29, 0.717) is 11.4 Å². The summed E-state index contributed by atoms with van der Waals surface area (Å²) in [4.78, 5) is 22.6. The lowest BCUT2D eigenvalue weighted by molar-refractivity contribution is 0.0636. The second kappa shape index (κ2) is 6.05. The van der Waals surface area contributed by atoms with Gasteiger partial charge in [-0.25, -0.2) is 15.4 Å². The van der Waals surface area contributed by atoms with Crippen LogP contribution < -0.4 is 21.9 Å². The highest BCUT2D eigenvalue weighted by atomic mass is 16.6. The van der Waals surface area contributed by atoms with E-state index in [1.54, 1.807) is 45.0 Å². The molecule has 1 aromatic carbocycles. The summed E-state index contributed by atoms with van der Waals surface area (Å²) in [6.45, 7) is 5.32. The molecule has 0 aromatic heterocycles. The van der Waals surface area contributed by atoms with Gasteiger partial charge in [0.1, 0.15) is 5.60 Å². The minimum Gasteiger partial charge on any atom is -0.444 e. The molecule has 0 heterocycles. The van der Waals surface area contributed by atoms with E-state index < -0.39 is 17.7 Å². The van der Waals surface area contributed by atoms with Crippen molar-refractivity contribution in [2.75, 3.05) is 10.6 Å². The SMILES string of the molecule is CC(C)(C)OC(=O)Nc1cccc(NC(=O)NN)c1. The molecule has 1 rings (SSSR count). The number of carbonyl (C=O) groups is 2. The second-order valence-corrected chi connectivity index (χ2v) is 4.81. The van der Waals surface area contributed by atoms with Gasteiger partial charge in [-0.05, 0) is 39.0 Å². The van der Waals surface area contributed by atoms with Crippen molar-refractivity contribution in [2.24, 2.45) is 5.84 Å². The van der Waals surface area contributed by atoms with Gasteiger partial charge in [-0.1, -0.05) is 6.07 Å². The van der Waals surface area contributed by atoms with Gasteiger partial charge in [0.2, 0.25) is 0 Å². The minimum atomic E-state index is -0.570. The number of carbonyl (C=O) groups excluding carboxylic acids is 2. The van der Waals surface area contributed by atoms with E-state index in [0.717, 1.165) is 0 Å². The average molecular weight is 266 g/mol. The monoisotopic (exact) mass is 266 g/mol. The van der Waals surface area contributed by atoms with E-state index in [2.05, 4.69) is 10.6 Å². The summed E-state index contributed by atoms with van der Waals surface area (Å²) in [5.74, 6) is 4.96. The van der Waals surface area contributed by atoms with Crippen LogP contribution in [-0.2, 0) is 4.74 Å². The third-order valence-corrected chi connectivity index (χ3v) is 1.90. The first-order valence-corrected chi connectivity index (χ1v) is 5.68. The molecule has 0 fully saturated rings. The fourth-order valence-electron chi connectivity index (χ4n) is 1.26. The molecule has 7 heteroatoms. The van der Waals surface area contributed by atoms with Crippen LogP contribution in [0, 0.1) is 0 Å². The molecule has 19 heavy (non-hydrogen) atoms. The molecule has 1 aromatic rings. The molecule has 0 spiro atoms. The minimum absolute atomic E-state index is 0.497. The maximum absolute atomic E-state index is 11.6. The Hall–Kier alpha value is -2.28. The summed E-state index contributed by atoms with van der Waals surface area (Å²) in [6.07, 6.45) is -0.562. The number of amides is 3. The van der Waals surface area contributed by atoms with E-state index in [9.17, 15) is 9.59 Å². The van der Waals surface area contributed by atoms with Gasteiger partial charge in [0.15, 0.2) is 0 Å². The Morgan fingerprint density at radius 1 is 1.16 bits per heavy atom. The molecule has 0 radical (unpaired) electrons. The second-order valence-electron chi connectivity index (χ2n) is 4.81. The molecule has 0 saturated carbocycles. The van der Waals surface area contributed by atoms with E-state index in [1.165, 1.54) is 0 Å². The molecule has 7 nitrogen and oxygen atoms in total. The zero-order valence-corrected chi connectivity index (χ0v) is 11.1. The van der Waals surface area contributed by atoms with E-state index >= 15 is 0 Å². The Labute approximate surface area is 111 Å². The van der Waals surface area contributed by atoms with Crippen LogP contribution in [0.25, 0.3) is 0 Å². The van der Waals surface area contributed by atoms with Crippen LogP contribution in [0.2, 0.25) is 0 Å². The number of rotatable bonds is 2. The van der Waals surface area contributed by atoms with Gasteiger partial charge in [0.25, 0.3) is 0 Å². The van der Waals surface area contributed by atoms with Crippen molar-refractivity contribution in [3.05, 3.63) is 24.3 Å². The summed E-state index contributed by atoms with van der Waals surface area (Å²) in [5, 5.41) is 5.05. The number of nitrogens with two attached hydrogens (primary N) is 1. The number of ether oxygens (including phenoxy) is 1. The number of anilines is 2. The van der Waals surface area contributed by atoms with Crippen LogP contribution in [-0.4, -0.2) is 17.7 Å². The highest BCUT2D eigenvalue weighted by molar-refractivity contribution is 5.91. The van der Waals surface area contributed by atoms with Crippen molar-refractivity contribution in [2.45, 2.75) is 26.4 Å². The molecule has 0 aliphatic heterocycles. The molecule has 3 amide bonds. The Balaban J connectivity index is 2.67. The fourth-order valence-corrected chi connectivity index (χ4v) is 1.26. The van der Waals surface area contributed by atoms with E-state index in [1.807, 2.05) is 5.43 Å². The van der Waals surface area contributed by atoms with Crippen molar-refractivity contribution in [3.63, 3.8) is 0 Å². The zero-order chi connectivity index (χ0) is 14.5. The normalized spacial score (nSPS) is 10.5. The molecule has 0 aliphatic carbocycles. The molecule has 0 aliphatic rings. The van der Waals surface area contributed by atoms with Gasteiger partial charge in [-0.3, -0.25) is 10.7 Å². The predicted molar refractivity (Wildman–Crippen MR) is 72.6 cm³/mol. The molecule has 5 N–H and O–H groups in total. The Bertz CT molecular complexity index is 468. The van der Waals surface area contributed by atoms with Crippen LogP contribution >= 0.6 is 0 Å². The molecule has 104 valence electrons. The summed E-state index contributed by atoms with van der Waals surface area (Å²) in [6, 6.07) is 6.05. The highest BCUT2D eigenvalue weighted by Crippen LogP contribution is 2.16. The lowest BCUT2D eigenvalue weighted by atomic mass is 10.2. The van der Waals surface area contributed by atoms with E-state index in [4.69, 9.17) is 10.6 Å². The fraction of sp³-hybridized carbons (Fsp3) is 0.333. The molecular weight excluding hydrogens is 248 g/mol. The van der Waals surface area contributed by atoms with Crippen molar-refractivity contribution >= 4 is 23.5 Å². The van der Waals surface area contributed by atoms with Crippen molar-refractivity contribution in [1.82, 2.24) is 5.43 Å². The van der Waals surface area contributed by atoms with Crippen LogP contribution in [0.4, 0.5) is 21.0 Å². The Morgan fingerprint density at radius 3 is 2.26 bits per heavy atom. The molecule has 0 saturated heterocycles. The number of hydrogen-bond acceptors (Lipinski definition) is 4. The van der Waals surface area contributed by atoms with Gasteiger partial charge in [-0.15, -0.1) is 0 Å². The molecule has 0 bridgehead atoms. The maximum Gasteiger partial charge on any atom is 0.412 e. The van der Waals surface area contributed by atoms with E-state index in [-0.39, 0.29) is 0 Å². The first-order valence-electron chi connectivity index (χ1n) is 5.68. The largest absolute Gasteiger partial charge is 0.444 e. The van der Waals surface area contributed by atoms with Crippen LogP contribution in [0.15, 0.2) is 24.3 Å². The van der Waals surface area contributed by atoms with Gasteiger partial charge in [0, 0.05) is 11.4 Å². The average Bonchev–Trinajstić information content (AvgIpc) is 2.26. The number of nitrogens with one attached hydrogen (secondary N) is 3. The van der Waals surface area contributed by atoms with Crippen LogP contribution in [0.5, 0.6) is 0 Å². The van der Waals surface area contributed by atoms with Gasteiger partial charge in [0.05, 0.1) is 0 Å². The Morgan fingerprint density at radius 2 is 1.74 bits per heavy atom.